The number of nitrogens with zero attached hydrogens (tertiary/aromatic N) is 2. The van der Waals surface area contributed by atoms with Crippen LogP contribution in [0.4, 0.5) is 11.4 Å². The van der Waals surface area contributed by atoms with Crippen molar-refractivity contribution in [2.24, 2.45) is 10.2 Å². The molecule has 0 aliphatic rings. The minimum Gasteiger partial charge on any atom is -0.508 e. The normalized spacial score (nSPS) is 11.0. The zero-order valence-electron chi connectivity index (χ0n) is 11.2. The molecule has 0 aliphatic carbocycles. The first-order chi connectivity index (χ1) is 9.95. The molecular formula is C15H13ClN2O3. The summed E-state index contributed by atoms with van der Waals surface area (Å²) < 4.78 is 0. The van der Waals surface area contributed by atoms with Gasteiger partial charge in [0.1, 0.15) is 5.75 Å². The molecule has 5 nitrogen and oxygen atoms in total. The van der Waals surface area contributed by atoms with E-state index >= 15 is 0 Å². The van der Waals surface area contributed by atoms with Gasteiger partial charge in [0.25, 0.3) is 0 Å². The molecule has 0 aromatic heterocycles. The topological polar surface area (TPSA) is 82.2 Å². The summed E-state index contributed by atoms with van der Waals surface area (Å²) in [6.07, 6.45) is -0.272. The van der Waals surface area contributed by atoms with Gasteiger partial charge in [0.2, 0.25) is 0 Å². The summed E-state index contributed by atoms with van der Waals surface area (Å²) in [6.45, 7) is 1.89. The van der Waals surface area contributed by atoms with E-state index in [4.69, 9.17) is 16.7 Å². The number of aliphatic carboxylic acids is 1. The molecular weight excluding hydrogens is 292 g/mol. The molecule has 0 saturated carbocycles. The third-order valence-corrected chi connectivity index (χ3v) is 3.25. The van der Waals surface area contributed by atoms with Crippen LogP contribution < -0.4 is 0 Å². The van der Waals surface area contributed by atoms with Gasteiger partial charge < -0.3 is 10.2 Å². The van der Waals surface area contributed by atoms with Crippen LogP contribution in [-0.4, -0.2) is 16.2 Å². The number of carbonyl (C=O) groups is 1. The monoisotopic (exact) mass is 304 g/mol. The number of carboxylic acids is 1. The number of azo groups is 1. The highest BCUT2D eigenvalue weighted by Crippen LogP contribution is 2.27. The Kier molecular flexibility index (Phi) is 4.55. The molecule has 2 rings (SSSR count). The van der Waals surface area contributed by atoms with E-state index in [1.807, 2.05) is 13.0 Å². The molecule has 0 atom stereocenters. The van der Waals surface area contributed by atoms with E-state index < -0.39 is 5.97 Å². The van der Waals surface area contributed by atoms with Gasteiger partial charge in [-0.15, -0.1) is 0 Å². The maximum atomic E-state index is 10.7. The summed E-state index contributed by atoms with van der Waals surface area (Å²) in [7, 11) is 0. The molecule has 0 fully saturated rings. The molecule has 2 aromatic carbocycles. The number of halogens is 1. The van der Waals surface area contributed by atoms with E-state index in [9.17, 15) is 9.90 Å². The molecule has 21 heavy (non-hydrogen) atoms. The van der Waals surface area contributed by atoms with Crippen molar-refractivity contribution in [2.45, 2.75) is 13.3 Å². The van der Waals surface area contributed by atoms with E-state index in [0.29, 0.717) is 22.0 Å². The van der Waals surface area contributed by atoms with Gasteiger partial charge in [0.05, 0.1) is 17.8 Å². The molecule has 0 amide bonds. The third kappa shape index (κ3) is 4.03. The Morgan fingerprint density at radius 1 is 1.14 bits per heavy atom. The quantitative estimate of drug-likeness (QED) is 0.821. The van der Waals surface area contributed by atoms with Crippen LogP contribution in [0.3, 0.4) is 0 Å². The fraction of sp³-hybridized carbons (Fsp3) is 0.133. The predicted molar refractivity (Wildman–Crippen MR) is 79.8 cm³/mol. The lowest BCUT2D eigenvalue weighted by Crippen LogP contribution is -1.99. The minimum absolute atomic E-state index is 0.0743. The van der Waals surface area contributed by atoms with Gasteiger partial charge in [-0.3, -0.25) is 4.79 Å². The first-order valence-electron chi connectivity index (χ1n) is 6.17. The van der Waals surface area contributed by atoms with Crippen LogP contribution in [0.1, 0.15) is 11.1 Å². The molecule has 0 bridgehead atoms. The Labute approximate surface area is 126 Å². The fourth-order valence-corrected chi connectivity index (χ4v) is 1.87. The zero-order valence-corrected chi connectivity index (χ0v) is 12.0. The summed E-state index contributed by atoms with van der Waals surface area (Å²) in [5.74, 6) is -1.10. The van der Waals surface area contributed by atoms with Gasteiger partial charge in [-0.1, -0.05) is 17.7 Å². The molecule has 2 N–H and O–H groups in total. The first-order valence-corrected chi connectivity index (χ1v) is 6.55. The van der Waals surface area contributed by atoms with Crippen LogP contribution in [0.15, 0.2) is 46.6 Å². The number of aromatic hydroxyl groups is 1. The summed E-state index contributed by atoms with van der Waals surface area (Å²) in [5.41, 5.74) is 2.30. The molecule has 0 radical (unpaired) electrons. The summed E-state index contributed by atoms with van der Waals surface area (Å²) >= 11 is 6.00. The fourth-order valence-electron chi connectivity index (χ4n) is 1.70. The van der Waals surface area contributed by atoms with E-state index in [0.717, 1.165) is 5.56 Å². The van der Waals surface area contributed by atoms with E-state index in [1.165, 1.54) is 12.1 Å². The van der Waals surface area contributed by atoms with Gasteiger partial charge >= 0.3 is 5.97 Å². The number of phenolic OH excluding ortho intramolecular Hbond substituents is 1. The molecule has 0 spiro atoms. The van der Waals surface area contributed by atoms with E-state index in [-0.39, 0.29) is 12.2 Å². The Bertz CT molecular complexity index is 714. The first kappa shape index (κ1) is 15.0. The standard InChI is InChI=1S/C15H13ClN2O3/c1-9-2-3-12(8-13(9)16)18-17-11-4-5-14(19)10(6-11)7-15(20)21/h2-6,8,19H,7H2,1H3,(H,20,21). The Balaban J connectivity index is 2.24. The largest absolute Gasteiger partial charge is 0.508 e. The van der Waals surface area contributed by atoms with Crippen molar-refractivity contribution in [1.82, 2.24) is 0 Å². The van der Waals surface area contributed by atoms with Gasteiger partial charge in [-0.05, 0) is 42.8 Å². The highest BCUT2D eigenvalue weighted by Gasteiger charge is 2.07. The number of aryl methyl sites for hydroxylation is 1. The van der Waals surface area contributed by atoms with Crippen LogP contribution >= 0.6 is 11.6 Å². The van der Waals surface area contributed by atoms with E-state index in [2.05, 4.69) is 10.2 Å². The number of hydrogen-bond donors (Lipinski definition) is 2. The lowest BCUT2D eigenvalue weighted by Gasteiger charge is -2.02. The van der Waals surface area contributed by atoms with E-state index in [1.54, 1.807) is 18.2 Å². The average Bonchev–Trinajstić information content (AvgIpc) is 2.43. The van der Waals surface area contributed by atoms with Crippen LogP contribution in [0.25, 0.3) is 0 Å². The molecule has 0 aliphatic heterocycles. The van der Waals surface area contributed by atoms with Crippen molar-refractivity contribution in [3.05, 3.63) is 52.5 Å². The second-order valence-electron chi connectivity index (χ2n) is 4.52. The van der Waals surface area contributed by atoms with Crippen molar-refractivity contribution in [3.8, 4) is 5.75 Å². The highest BCUT2D eigenvalue weighted by atomic mass is 35.5. The predicted octanol–water partition coefficient (Wildman–Crippen LogP) is 4.40. The van der Waals surface area contributed by atoms with Crippen molar-refractivity contribution < 1.29 is 15.0 Å². The smallest absolute Gasteiger partial charge is 0.307 e. The summed E-state index contributed by atoms with van der Waals surface area (Å²) in [6, 6.07) is 9.75. The summed E-state index contributed by atoms with van der Waals surface area (Å²) in [5, 5.41) is 27.0. The van der Waals surface area contributed by atoms with Crippen LogP contribution in [0.2, 0.25) is 5.02 Å². The Hall–Kier alpha value is -2.40. The van der Waals surface area contributed by atoms with Gasteiger partial charge in [0, 0.05) is 10.6 Å². The number of rotatable bonds is 4. The lowest BCUT2D eigenvalue weighted by molar-refractivity contribution is -0.136. The van der Waals surface area contributed by atoms with Gasteiger partial charge in [0.15, 0.2) is 0 Å². The average molecular weight is 305 g/mol. The summed E-state index contributed by atoms with van der Waals surface area (Å²) in [4.78, 5) is 10.7. The minimum atomic E-state index is -1.02. The Morgan fingerprint density at radius 2 is 1.76 bits per heavy atom. The highest BCUT2D eigenvalue weighted by molar-refractivity contribution is 6.31. The number of carboxylic acid groups (broad SMARTS) is 1. The maximum absolute atomic E-state index is 10.7. The van der Waals surface area contributed by atoms with Gasteiger partial charge in [-0.2, -0.15) is 10.2 Å². The number of phenols is 1. The number of benzene rings is 2. The van der Waals surface area contributed by atoms with Crippen LogP contribution in [-0.2, 0) is 11.2 Å². The van der Waals surface area contributed by atoms with Crippen LogP contribution in [0, 0.1) is 6.92 Å². The third-order valence-electron chi connectivity index (χ3n) is 2.84. The second-order valence-corrected chi connectivity index (χ2v) is 4.92. The van der Waals surface area contributed by atoms with Crippen molar-refractivity contribution in [1.29, 1.82) is 0 Å². The number of hydrogen-bond acceptors (Lipinski definition) is 4. The van der Waals surface area contributed by atoms with Crippen LogP contribution in [0.5, 0.6) is 5.75 Å². The molecule has 6 heteroatoms. The van der Waals surface area contributed by atoms with Gasteiger partial charge in [-0.25, -0.2) is 0 Å². The Morgan fingerprint density at radius 3 is 2.38 bits per heavy atom. The molecule has 0 saturated heterocycles. The molecule has 2 aromatic rings. The second kappa shape index (κ2) is 6.37. The SMILES string of the molecule is Cc1ccc(N=Nc2ccc(O)c(CC(=O)O)c2)cc1Cl. The molecule has 0 unspecified atom stereocenters. The van der Waals surface area contributed by atoms with Crippen molar-refractivity contribution in [3.63, 3.8) is 0 Å². The van der Waals surface area contributed by atoms with Crippen molar-refractivity contribution in [2.75, 3.05) is 0 Å². The zero-order chi connectivity index (χ0) is 15.4. The van der Waals surface area contributed by atoms with Crippen molar-refractivity contribution >= 4 is 28.9 Å². The molecule has 108 valence electrons. The molecule has 0 heterocycles. The maximum Gasteiger partial charge on any atom is 0.307 e. The lowest BCUT2D eigenvalue weighted by atomic mass is 10.1.